The van der Waals surface area contributed by atoms with Crippen molar-refractivity contribution in [3.8, 4) is 11.3 Å². The highest BCUT2D eigenvalue weighted by Gasteiger charge is 2.11. The molecule has 0 bridgehead atoms. The van der Waals surface area contributed by atoms with Crippen LogP contribution in [0.4, 0.5) is 0 Å². The molecule has 0 spiro atoms. The molecule has 0 atom stereocenters. The second-order valence-electron chi connectivity index (χ2n) is 7.68. The number of pyridine rings is 1. The van der Waals surface area contributed by atoms with Crippen molar-refractivity contribution in [3.63, 3.8) is 0 Å². The van der Waals surface area contributed by atoms with Crippen LogP contribution >= 0.6 is 0 Å². The first-order valence-corrected chi connectivity index (χ1v) is 10.4. The lowest BCUT2D eigenvalue weighted by molar-refractivity contribution is 0.271. The maximum atomic E-state index is 9.21. The van der Waals surface area contributed by atoms with Crippen molar-refractivity contribution in [3.05, 3.63) is 84.4 Å². The molecule has 0 unspecified atom stereocenters. The van der Waals surface area contributed by atoms with Gasteiger partial charge in [-0.2, -0.15) is 14.7 Å². The van der Waals surface area contributed by atoms with Crippen LogP contribution in [0.25, 0.3) is 38.7 Å². The van der Waals surface area contributed by atoms with Gasteiger partial charge in [0.1, 0.15) is 0 Å². The molecule has 8 heteroatoms. The predicted octanol–water partition coefficient (Wildman–Crippen LogP) is 3.27. The molecule has 156 valence electrons. The average Bonchev–Trinajstić information content (AvgIpc) is 3.42. The first-order valence-electron chi connectivity index (χ1n) is 10.4. The summed E-state index contributed by atoms with van der Waals surface area (Å²) in [5.74, 6) is 0.780. The van der Waals surface area contributed by atoms with Crippen molar-refractivity contribution in [1.82, 2.24) is 34.6 Å². The minimum Gasteiger partial charge on any atom is -0.394 e. The van der Waals surface area contributed by atoms with Gasteiger partial charge in [-0.05, 0) is 48.0 Å². The van der Waals surface area contributed by atoms with Crippen molar-refractivity contribution in [2.75, 3.05) is 6.61 Å². The summed E-state index contributed by atoms with van der Waals surface area (Å²) in [4.78, 5) is 4.38. The van der Waals surface area contributed by atoms with Crippen LogP contribution in [0.2, 0.25) is 0 Å². The summed E-state index contributed by atoms with van der Waals surface area (Å²) in [7, 11) is 0. The van der Waals surface area contributed by atoms with Gasteiger partial charge in [-0.25, -0.2) is 0 Å². The van der Waals surface area contributed by atoms with Crippen LogP contribution in [0.1, 0.15) is 11.4 Å². The Morgan fingerprint density at radius 1 is 0.906 bits per heavy atom. The average molecular weight is 421 g/mol. The van der Waals surface area contributed by atoms with Gasteiger partial charge in [0.25, 0.3) is 0 Å². The van der Waals surface area contributed by atoms with E-state index in [4.69, 9.17) is 5.10 Å². The number of hydrogen-bond acceptors (Lipinski definition) is 6. The molecule has 0 saturated heterocycles. The van der Waals surface area contributed by atoms with Crippen molar-refractivity contribution >= 4 is 27.5 Å². The Hall–Kier alpha value is -4.17. The Morgan fingerprint density at radius 2 is 1.88 bits per heavy atom. The number of hydrogen-bond donors (Lipinski definition) is 1. The van der Waals surface area contributed by atoms with Gasteiger partial charge in [-0.1, -0.05) is 18.2 Å². The standard InChI is InChI=1S/C24H19N7O/c32-11-10-30-22-7-4-18(14-19(22)15-26-30)21-6-8-23-27-28-24(31(23)29-21)13-16-3-5-20-17(12-16)2-1-9-25-20/h1-9,12,14-15,32H,10-11,13H2. The molecule has 6 aromatic rings. The first-order chi connectivity index (χ1) is 15.8. The minimum atomic E-state index is 0.0564. The third kappa shape index (κ3) is 3.17. The Balaban J connectivity index is 1.37. The smallest absolute Gasteiger partial charge is 0.177 e. The van der Waals surface area contributed by atoms with E-state index in [2.05, 4.69) is 44.5 Å². The molecule has 0 aliphatic carbocycles. The fourth-order valence-corrected chi connectivity index (χ4v) is 4.03. The largest absolute Gasteiger partial charge is 0.394 e. The topological polar surface area (TPSA) is 94.0 Å². The lowest BCUT2D eigenvalue weighted by atomic mass is 10.1. The number of fused-ring (bicyclic) bond motifs is 3. The van der Waals surface area contributed by atoms with Crippen LogP contribution in [-0.2, 0) is 13.0 Å². The summed E-state index contributed by atoms with van der Waals surface area (Å²) in [5.41, 5.74) is 5.62. The molecule has 4 heterocycles. The first kappa shape index (κ1) is 18.6. The fraction of sp³-hybridized carbons (Fsp3) is 0.125. The van der Waals surface area contributed by atoms with Gasteiger partial charge in [0, 0.05) is 29.0 Å². The Labute approximate surface area is 182 Å². The van der Waals surface area contributed by atoms with Crippen LogP contribution in [0, 0.1) is 0 Å². The van der Waals surface area contributed by atoms with Crippen LogP contribution in [0.3, 0.4) is 0 Å². The molecule has 0 saturated carbocycles. The van der Waals surface area contributed by atoms with E-state index in [1.807, 2.05) is 47.1 Å². The van der Waals surface area contributed by atoms with Crippen LogP contribution < -0.4 is 0 Å². The molecule has 6 rings (SSSR count). The zero-order chi connectivity index (χ0) is 21.5. The van der Waals surface area contributed by atoms with Crippen molar-refractivity contribution in [2.24, 2.45) is 0 Å². The molecule has 32 heavy (non-hydrogen) atoms. The molecule has 2 aromatic carbocycles. The van der Waals surface area contributed by atoms with Gasteiger partial charge in [-0.3, -0.25) is 9.67 Å². The quantitative estimate of drug-likeness (QED) is 0.459. The lowest BCUT2D eigenvalue weighted by Gasteiger charge is -2.05. The van der Waals surface area contributed by atoms with E-state index < -0.39 is 0 Å². The number of nitrogens with zero attached hydrogens (tertiary/aromatic N) is 7. The summed E-state index contributed by atoms with van der Waals surface area (Å²) in [6.45, 7) is 0.531. The maximum absolute atomic E-state index is 9.21. The molecule has 0 aliphatic heterocycles. The summed E-state index contributed by atoms with van der Waals surface area (Å²) < 4.78 is 3.61. The zero-order valence-corrected chi connectivity index (χ0v) is 17.1. The molecule has 0 aliphatic rings. The number of aliphatic hydroxyl groups excluding tert-OH is 1. The molecule has 0 fully saturated rings. The highest BCUT2D eigenvalue weighted by Crippen LogP contribution is 2.24. The van der Waals surface area contributed by atoms with Gasteiger partial charge in [0.05, 0.1) is 36.1 Å². The molecule has 1 N–H and O–H groups in total. The van der Waals surface area contributed by atoms with Gasteiger partial charge < -0.3 is 5.11 Å². The summed E-state index contributed by atoms with van der Waals surface area (Å²) in [6.07, 6.45) is 4.23. The van der Waals surface area contributed by atoms with E-state index in [1.165, 1.54) is 0 Å². The van der Waals surface area contributed by atoms with Crippen molar-refractivity contribution in [2.45, 2.75) is 13.0 Å². The van der Waals surface area contributed by atoms with E-state index in [-0.39, 0.29) is 6.61 Å². The third-order valence-electron chi connectivity index (χ3n) is 5.61. The Morgan fingerprint density at radius 3 is 2.81 bits per heavy atom. The van der Waals surface area contributed by atoms with E-state index in [1.54, 1.807) is 10.9 Å². The monoisotopic (exact) mass is 421 g/mol. The minimum absolute atomic E-state index is 0.0564. The van der Waals surface area contributed by atoms with Crippen molar-refractivity contribution in [1.29, 1.82) is 0 Å². The summed E-state index contributed by atoms with van der Waals surface area (Å²) in [6, 6.07) is 20.2. The van der Waals surface area contributed by atoms with Crippen molar-refractivity contribution < 1.29 is 5.11 Å². The van der Waals surface area contributed by atoms with Gasteiger partial charge in [0.15, 0.2) is 11.5 Å². The van der Waals surface area contributed by atoms with E-state index >= 15 is 0 Å². The van der Waals surface area contributed by atoms with E-state index in [0.717, 1.165) is 44.5 Å². The zero-order valence-electron chi connectivity index (χ0n) is 17.1. The Bertz CT molecular complexity index is 1580. The summed E-state index contributed by atoms with van der Waals surface area (Å²) >= 11 is 0. The lowest BCUT2D eigenvalue weighted by Crippen LogP contribution is -2.03. The van der Waals surface area contributed by atoms with Gasteiger partial charge in [-0.15, -0.1) is 10.2 Å². The second kappa shape index (κ2) is 7.51. The highest BCUT2D eigenvalue weighted by molar-refractivity contribution is 5.84. The third-order valence-corrected chi connectivity index (χ3v) is 5.61. The summed E-state index contributed by atoms with van der Waals surface area (Å²) in [5, 5.41) is 29.2. The maximum Gasteiger partial charge on any atom is 0.177 e. The highest BCUT2D eigenvalue weighted by atomic mass is 16.3. The second-order valence-corrected chi connectivity index (χ2v) is 7.68. The molecule has 0 amide bonds. The normalized spacial score (nSPS) is 11.7. The number of aromatic nitrogens is 7. The fourth-order valence-electron chi connectivity index (χ4n) is 4.03. The molecular formula is C24H19N7O. The molecule has 0 radical (unpaired) electrons. The van der Waals surface area contributed by atoms with Crippen LogP contribution in [0.5, 0.6) is 0 Å². The molecular weight excluding hydrogens is 402 g/mol. The number of benzene rings is 2. The molecule has 4 aromatic heterocycles. The number of rotatable bonds is 5. The van der Waals surface area contributed by atoms with E-state index in [9.17, 15) is 5.11 Å². The van der Waals surface area contributed by atoms with Gasteiger partial charge in [0.2, 0.25) is 0 Å². The Kier molecular flexibility index (Phi) is 4.36. The van der Waals surface area contributed by atoms with Gasteiger partial charge >= 0.3 is 0 Å². The van der Waals surface area contributed by atoms with Crippen LogP contribution in [-0.4, -0.2) is 46.3 Å². The van der Waals surface area contributed by atoms with Crippen LogP contribution in [0.15, 0.2) is 73.1 Å². The molecule has 8 nitrogen and oxygen atoms in total. The van der Waals surface area contributed by atoms with E-state index in [0.29, 0.717) is 18.6 Å². The SMILES string of the molecule is OCCn1ncc2cc(-c3ccc4nnc(Cc5ccc6ncccc6c5)n4n3)ccc21. The predicted molar refractivity (Wildman–Crippen MR) is 121 cm³/mol. The number of aliphatic hydroxyl groups is 1.